The zero-order valence-corrected chi connectivity index (χ0v) is 13.5. The topological polar surface area (TPSA) is 39.4 Å². The average Bonchev–Trinajstić information content (AvgIpc) is 2.50. The molecule has 0 saturated carbocycles. The Labute approximate surface area is 130 Å². The van der Waals surface area contributed by atoms with Crippen LogP contribution in [0.2, 0.25) is 0 Å². The van der Waals surface area contributed by atoms with Crippen LogP contribution in [-0.2, 0) is 12.8 Å². The van der Waals surface area contributed by atoms with E-state index in [-0.39, 0.29) is 5.63 Å². The highest BCUT2D eigenvalue weighted by Gasteiger charge is 2.19. The Morgan fingerprint density at radius 3 is 2.68 bits per heavy atom. The van der Waals surface area contributed by atoms with Crippen LogP contribution in [0, 0.1) is 6.92 Å². The lowest BCUT2D eigenvalue weighted by atomic mass is 9.90. The molecule has 1 aromatic carbocycles. The molecular formula is C19H22O3. The Kier molecular flexibility index (Phi) is 4.06. The first-order chi connectivity index (χ1) is 10.6. The van der Waals surface area contributed by atoms with Crippen LogP contribution in [-0.4, -0.2) is 6.61 Å². The van der Waals surface area contributed by atoms with Crippen molar-refractivity contribution in [2.45, 2.75) is 46.5 Å². The van der Waals surface area contributed by atoms with Gasteiger partial charge in [0.05, 0.1) is 0 Å². The molecule has 0 unspecified atom stereocenters. The van der Waals surface area contributed by atoms with Crippen LogP contribution in [0.4, 0.5) is 0 Å². The largest absolute Gasteiger partial charge is 0.489 e. The second-order valence-corrected chi connectivity index (χ2v) is 6.21. The first kappa shape index (κ1) is 14.9. The van der Waals surface area contributed by atoms with Gasteiger partial charge >= 0.3 is 5.63 Å². The van der Waals surface area contributed by atoms with Crippen molar-refractivity contribution in [1.82, 2.24) is 0 Å². The first-order valence-electron chi connectivity index (χ1n) is 7.92. The first-order valence-corrected chi connectivity index (χ1v) is 7.92. The maximum Gasteiger partial charge on any atom is 0.339 e. The molecule has 0 N–H and O–H groups in total. The van der Waals surface area contributed by atoms with Crippen LogP contribution < -0.4 is 10.4 Å². The molecule has 1 heterocycles. The van der Waals surface area contributed by atoms with Gasteiger partial charge in [-0.2, -0.15) is 0 Å². The van der Waals surface area contributed by atoms with Gasteiger partial charge in [0, 0.05) is 16.5 Å². The zero-order chi connectivity index (χ0) is 15.7. The number of hydrogen-bond donors (Lipinski definition) is 0. The van der Waals surface area contributed by atoms with Crippen LogP contribution in [0.15, 0.2) is 33.0 Å². The number of benzene rings is 1. The molecule has 3 heteroatoms. The fraction of sp³-hybridized carbons (Fsp3) is 0.421. The van der Waals surface area contributed by atoms with E-state index in [0.29, 0.717) is 12.2 Å². The Morgan fingerprint density at radius 1 is 1.23 bits per heavy atom. The second kappa shape index (κ2) is 5.99. The van der Waals surface area contributed by atoms with Crippen molar-refractivity contribution in [3.8, 4) is 5.75 Å². The monoisotopic (exact) mass is 298 g/mol. The number of aryl methyl sites for hydroxylation is 2. The quantitative estimate of drug-likeness (QED) is 0.625. The summed E-state index contributed by atoms with van der Waals surface area (Å²) in [6.45, 7) is 6.58. The van der Waals surface area contributed by atoms with Gasteiger partial charge in [-0.05, 0) is 70.2 Å². The molecule has 0 aliphatic heterocycles. The smallest absolute Gasteiger partial charge is 0.339 e. The molecule has 1 aliphatic rings. The van der Waals surface area contributed by atoms with E-state index < -0.39 is 0 Å². The molecular weight excluding hydrogens is 276 g/mol. The minimum atomic E-state index is -0.174. The van der Waals surface area contributed by atoms with E-state index in [0.717, 1.165) is 47.9 Å². The molecule has 0 fully saturated rings. The average molecular weight is 298 g/mol. The molecule has 3 nitrogen and oxygen atoms in total. The van der Waals surface area contributed by atoms with E-state index in [4.69, 9.17) is 9.15 Å². The molecule has 1 aliphatic carbocycles. The predicted molar refractivity (Wildman–Crippen MR) is 88.8 cm³/mol. The van der Waals surface area contributed by atoms with Crippen LogP contribution in [0.1, 0.15) is 43.4 Å². The van der Waals surface area contributed by atoms with Gasteiger partial charge in [-0.1, -0.05) is 5.57 Å². The third kappa shape index (κ3) is 2.68. The summed E-state index contributed by atoms with van der Waals surface area (Å²) in [5, 5.41) is 1.07. The Bertz CT molecular complexity index is 792. The van der Waals surface area contributed by atoms with Crippen molar-refractivity contribution in [2.24, 2.45) is 0 Å². The maximum absolute atomic E-state index is 12.2. The summed E-state index contributed by atoms with van der Waals surface area (Å²) < 4.78 is 11.4. The van der Waals surface area contributed by atoms with Crippen molar-refractivity contribution in [2.75, 3.05) is 6.61 Å². The molecule has 3 rings (SSSR count). The van der Waals surface area contributed by atoms with E-state index in [1.807, 2.05) is 39.0 Å². The fourth-order valence-corrected chi connectivity index (χ4v) is 3.08. The van der Waals surface area contributed by atoms with Crippen LogP contribution in [0.3, 0.4) is 0 Å². The lowest BCUT2D eigenvalue weighted by Gasteiger charge is -2.17. The van der Waals surface area contributed by atoms with Crippen LogP contribution >= 0.6 is 0 Å². The lowest BCUT2D eigenvalue weighted by Crippen LogP contribution is -2.16. The summed E-state index contributed by atoms with van der Waals surface area (Å²) in [5.41, 5.74) is 4.68. The van der Waals surface area contributed by atoms with E-state index >= 15 is 0 Å². The van der Waals surface area contributed by atoms with Gasteiger partial charge < -0.3 is 9.15 Å². The van der Waals surface area contributed by atoms with Crippen molar-refractivity contribution in [3.63, 3.8) is 0 Å². The van der Waals surface area contributed by atoms with E-state index in [1.165, 1.54) is 11.1 Å². The maximum atomic E-state index is 12.2. The zero-order valence-electron chi connectivity index (χ0n) is 13.5. The van der Waals surface area contributed by atoms with Crippen molar-refractivity contribution < 1.29 is 9.15 Å². The number of allylic oxidation sites excluding steroid dienone is 1. The number of ether oxygens (including phenoxy) is 1. The second-order valence-electron chi connectivity index (χ2n) is 6.21. The van der Waals surface area contributed by atoms with Gasteiger partial charge in [-0.15, -0.1) is 0 Å². The van der Waals surface area contributed by atoms with Gasteiger partial charge in [-0.3, -0.25) is 0 Å². The highest BCUT2D eigenvalue weighted by Crippen LogP contribution is 2.32. The van der Waals surface area contributed by atoms with Crippen LogP contribution in [0.25, 0.3) is 11.0 Å². The summed E-state index contributed by atoms with van der Waals surface area (Å²) in [6.07, 6.45) is 6.06. The van der Waals surface area contributed by atoms with E-state index in [9.17, 15) is 4.79 Å². The minimum Gasteiger partial charge on any atom is -0.489 e. The third-order valence-electron chi connectivity index (χ3n) is 4.32. The van der Waals surface area contributed by atoms with Crippen molar-refractivity contribution in [3.05, 3.63) is 50.9 Å². The van der Waals surface area contributed by atoms with Gasteiger partial charge in [0.1, 0.15) is 17.9 Å². The summed E-state index contributed by atoms with van der Waals surface area (Å²) in [6, 6.07) is 4.03. The molecule has 0 bridgehead atoms. The van der Waals surface area contributed by atoms with Crippen molar-refractivity contribution >= 4 is 11.0 Å². The number of rotatable bonds is 3. The van der Waals surface area contributed by atoms with Gasteiger partial charge in [0.25, 0.3) is 0 Å². The summed E-state index contributed by atoms with van der Waals surface area (Å²) in [7, 11) is 0. The van der Waals surface area contributed by atoms with E-state index in [1.54, 1.807) is 0 Å². The SMILES string of the molecule is CC(C)=CCOc1ccc2c3c(c(=O)oc2c1C)CCCC3. The molecule has 0 amide bonds. The minimum absolute atomic E-state index is 0.174. The molecule has 0 radical (unpaired) electrons. The lowest BCUT2D eigenvalue weighted by molar-refractivity contribution is 0.359. The number of fused-ring (bicyclic) bond motifs is 3. The molecule has 22 heavy (non-hydrogen) atoms. The number of hydrogen-bond acceptors (Lipinski definition) is 3. The Hall–Kier alpha value is -2.03. The molecule has 2 aromatic rings. The van der Waals surface area contributed by atoms with E-state index in [2.05, 4.69) is 0 Å². The molecule has 0 saturated heterocycles. The summed E-state index contributed by atoms with van der Waals surface area (Å²) in [5.74, 6) is 0.781. The highest BCUT2D eigenvalue weighted by atomic mass is 16.5. The molecule has 116 valence electrons. The Balaban J connectivity index is 2.08. The molecule has 0 atom stereocenters. The van der Waals surface area contributed by atoms with Crippen LogP contribution in [0.5, 0.6) is 5.75 Å². The standard InChI is InChI=1S/C19H22O3/c1-12(2)10-11-21-17-9-8-15-14-6-4-5-7-16(14)19(20)22-18(15)13(17)3/h8-10H,4-7,11H2,1-3H3. The summed E-state index contributed by atoms with van der Waals surface area (Å²) >= 11 is 0. The summed E-state index contributed by atoms with van der Waals surface area (Å²) in [4.78, 5) is 12.2. The van der Waals surface area contributed by atoms with Gasteiger partial charge in [0.2, 0.25) is 0 Å². The third-order valence-corrected chi connectivity index (χ3v) is 4.32. The van der Waals surface area contributed by atoms with Gasteiger partial charge in [-0.25, -0.2) is 4.79 Å². The van der Waals surface area contributed by atoms with Gasteiger partial charge in [0.15, 0.2) is 0 Å². The predicted octanol–water partition coefficient (Wildman–Crippen LogP) is 4.33. The molecule has 1 aromatic heterocycles. The fourth-order valence-electron chi connectivity index (χ4n) is 3.08. The molecule has 0 spiro atoms. The van der Waals surface area contributed by atoms with Crippen molar-refractivity contribution in [1.29, 1.82) is 0 Å². The highest BCUT2D eigenvalue weighted by molar-refractivity contribution is 5.86. The normalized spacial score (nSPS) is 13.8. The Morgan fingerprint density at radius 2 is 1.95 bits per heavy atom.